The molecule has 6 nitrogen and oxygen atoms in total. The van der Waals surface area contributed by atoms with Gasteiger partial charge in [-0.2, -0.15) is 0 Å². The number of carbonyl (C=O) groups is 3. The van der Waals surface area contributed by atoms with Gasteiger partial charge >= 0.3 is 17.9 Å². The molecule has 0 rings (SSSR count). The van der Waals surface area contributed by atoms with Crippen molar-refractivity contribution in [1.82, 2.24) is 0 Å². The highest BCUT2D eigenvalue weighted by atomic mass is 16.6. The van der Waals surface area contributed by atoms with Crippen LogP contribution in [0.15, 0.2) is 146 Å². The van der Waals surface area contributed by atoms with E-state index in [-0.39, 0.29) is 44.0 Å². The summed E-state index contributed by atoms with van der Waals surface area (Å²) in [6.07, 6.45) is 82.7. The van der Waals surface area contributed by atoms with Crippen molar-refractivity contribution in [1.29, 1.82) is 0 Å². The van der Waals surface area contributed by atoms with Gasteiger partial charge in [0.1, 0.15) is 13.2 Å². The first-order chi connectivity index (χ1) is 35.0. The second-order valence-electron chi connectivity index (χ2n) is 18.2. The molecule has 0 aliphatic heterocycles. The monoisotopic (exact) mass is 979 g/mol. The van der Waals surface area contributed by atoms with E-state index in [4.69, 9.17) is 14.2 Å². The van der Waals surface area contributed by atoms with E-state index in [9.17, 15) is 14.4 Å². The molecule has 0 aliphatic rings. The van der Waals surface area contributed by atoms with Crippen molar-refractivity contribution in [3.8, 4) is 0 Å². The number of hydrogen-bond acceptors (Lipinski definition) is 6. The van der Waals surface area contributed by atoms with E-state index in [0.29, 0.717) is 19.3 Å². The van der Waals surface area contributed by atoms with Crippen LogP contribution in [0.5, 0.6) is 0 Å². The van der Waals surface area contributed by atoms with Crippen molar-refractivity contribution in [2.75, 3.05) is 13.2 Å². The Hall–Kier alpha value is -4.71. The van der Waals surface area contributed by atoms with Crippen molar-refractivity contribution in [2.24, 2.45) is 0 Å². The molecule has 0 fully saturated rings. The van der Waals surface area contributed by atoms with Gasteiger partial charge in [0, 0.05) is 19.3 Å². The maximum Gasteiger partial charge on any atom is 0.306 e. The Morgan fingerprint density at radius 1 is 0.310 bits per heavy atom. The van der Waals surface area contributed by atoms with E-state index >= 15 is 0 Å². The third-order valence-electron chi connectivity index (χ3n) is 11.5. The fraction of sp³-hybridized carbons (Fsp3) is 0.585. The van der Waals surface area contributed by atoms with E-state index in [0.717, 1.165) is 83.5 Å². The van der Waals surface area contributed by atoms with Gasteiger partial charge in [0.05, 0.1) is 0 Å². The van der Waals surface area contributed by atoms with E-state index in [1.807, 2.05) is 72.9 Å². The third-order valence-corrected chi connectivity index (χ3v) is 11.5. The largest absolute Gasteiger partial charge is 0.462 e. The zero-order valence-corrected chi connectivity index (χ0v) is 45.4. The molecule has 0 spiro atoms. The first-order valence-electron chi connectivity index (χ1n) is 28.4. The van der Waals surface area contributed by atoms with Crippen LogP contribution in [-0.2, 0) is 28.6 Å². The Morgan fingerprint density at radius 3 is 1.08 bits per heavy atom. The number of unbranched alkanes of at least 4 members (excludes halogenated alkanes) is 19. The Balaban J connectivity index is 4.60. The summed E-state index contributed by atoms with van der Waals surface area (Å²) < 4.78 is 16.8. The molecule has 6 heteroatoms. The van der Waals surface area contributed by atoms with Crippen LogP contribution in [0.4, 0.5) is 0 Å². The lowest BCUT2D eigenvalue weighted by Crippen LogP contribution is -2.30. The fourth-order valence-corrected chi connectivity index (χ4v) is 7.32. The van der Waals surface area contributed by atoms with E-state index in [1.54, 1.807) is 0 Å². The third kappa shape index (κ3) is 56.1. The first kappa shape index (κ1) is 66.3. The van der Waals surface area contributed by atoms with E-state index in [2.05, 4.69) is 93.7 Å². The number of esters is 3. The smallest absolute Gasteiger partial charge is 0.306 e. The minimum Gasteiger partial charge on any atom is -0.462 e. The topological polar surface area (TPSA) is 78.9 Å². The predicted molar refractivity (Wildman–Crippen MR) is 306 cm³/mol. The Labute approximate surface area is 436 Å². The molecular weight excluding hydrogens is 877 g/mol. The summed E-state index contributed by atoms with van der Waals surface area (Å²) in [7, 11) is 0. The summed E-state index contributed by atoms with van der Waals surface area (Å²) >= 11 is 0. The summed E-state index contributed by atoms with van der Waals surface area (Å²) in [5.41, 5.74) is 0. The lowest BCUT2D eigenvalue weighted by atomic mass is 10.0. The number of ether oxygens (including phenoxy) is 3. The second-order valence-corrected chi connectivity index (χ2v) is 18.2. The normalized spacial score (nSPS) is 13.2. The van der Waals surface area contributed by atoms with Crippen LogP contribution in [0.3, 0.4) is 0 Å². The van der Waals surface area contributed by atoms with Crippen LogP contribution in [0, 0.1) is 0 Å². The average Bonchev–Trinajstić information content (AvgIpc) is 3.37. The van der Waals surface area contributed by atoms with Crippen LogP contribution in [0.1, 0.15) is 226 Å². The molecule has 1 unspecified atom stereocenters. The van der Waals surface area contributed by atoms with Crippen molar-refractivity contribution < 1.29 is 28.6 Å². The maximum atomic E-state index is 12.8. The molecule has 0 saturated heterocycles. The molecule has 0 N–H and O–H groups in total. The highest BCUT2D eigenvalue weighted by molar-refractivity contribution is 5.71. The Kier molecular flexibility index (Phi) is 54.0. The van der Waals surface area contributed by atoms with Crippen LogP contribution >= 0.6 is 0 Å². The second kappa shape index (κ2) is 57.9. The lowest BCUT2D eigenvalue weighted by Gasteiger charge is -2.18. The molecule has 1 atom stereocenters. The zero-order chi connectivity index (χ0) is 51.4. The highest BCUT2D eigenvalue weighted by Gasteiger charge is 2.19. The molecule has 0 heterocycles. The molecule has 398 valence electrons. The molecule has 71 heavy (non-hydrogen) atoms. The van der Waals surface area contributed by atoms with E-state index < -0.39 is 6.10 Å². The highest BCUT2D eigenvalue weighted by Crippen LogP contribution is 2.15. The van der Waals surface area contributed by atoms with Crippen molar-refractivity contribution in [2.45, 2.75) is 232 Å². The first-order valence-corrected chi connectivity index (χ1v) is 28.4. The Bertz CT molecular complexity index is 1590. The summed E-state index contributed by atoms with van der Waals surface area (Å²) in [5, 5.41) is 0. The van der Waals surface area contributed by atoms with Crippen LogP contribution in [0.25, 0.3) is 0 Å². The average molecular weight is 980 g/mol. The number of rotatable bonds is 49. The standard InChI is InChI=1S/C65H102O6/c1-4-7-10-13-16-19-22-25-28-31-32-35-37-40-43-46-49-52-55-58-64(67)70-61-62(71-65(68)59-56-53-50-47-44-41-38-34-30-27-24-21-18-15-12-9-6-3)60-69-63(66)57-54-51-48-45-42-39-36-33-29-26-23-20-17-14-11-8-5-2/h7,9-10,12,15-16,18-19,21,24-25,27-28,30,32,34-35,38,40-41,43-44,49,52,62H,4-6,8,11,13-14,17,20,22-23,26,29,31,33,36-37,39,42,45-48,50-51,53-61H2,1-3H3/b10-7-,12-9-,18-15-,19-16-,24-21-,28-25-,30-27-,35-32-,38-34+,43-40-,44-41-,52-49-. The van der Waals surface area contributed by atoms with Crippen molar-refractivity contribution in [3.63, 3.8) is 0 Å². The molecule has 0 radical (unpaired) electrons. The van der Waals surface area contributed by atoms with Gasteiger partial charge in [0.25, 0.3) is 0 Å². The van der Waals surface area contributed by atoms with Gasteiger partial charge < -0.3 is 14.2 Å². The van der Waals surface area contributed by atoms with Gasteiger partial charge in [-0.3, -0.25) is 14.4 Å². The van der Waals surface area contributed by atoms with Crippen LogP contribution < -0.4 is 0 Å². The SMILES string of the molecule is CC\C=C/C=C\C=C/C=C\C=C\C=C/CCCCCC(=O)OC(COC(=O)CC/C=C\C/C=C\C/C=C\C/C=C\C/C=C\C/C=C\CC)COC(=O)CCCCCCCCCCCCCCCCCCC. The van der Waals surface area contributed by atoms with Crippen molar-refractivity contribution >= 4 is 17.9 Å². The maximum absolute atomic E-state index is 12.8. The van der Waals surface area contributed by atoms with Gasteiger partial charge in [-0.15, -0.1) is 0 Å². The summed E-state index contributed by atoms with van der Waals surface area (Å²) in [6.45, 7) is 6.28. The van der Waals surface area contributed by atoms with Crippen LogP contribution in [-0.4, -0.2) is 37.2 Å². The fourth-order valence-electron chi connectivity index (χ4n) is 7.32. The summed E-state index contributed by atoms with van der Waals surface area (Å²) in [5.74, 6) is -1.06. The molecule has 0 amide bonds. The molecule has 0 bridgehead atoms. The van der Waals surface area contributed by atoms with Gasteiger partial charge in [0.2, 0.25) is 0 Å². The van der Waals surface area contributed by atoms with Gasteiger partial charge in [-0.05, 0) is 77.0 Å². The van der Waals surface area contributed by atoms with Crippen LogP contribution in [0.2, 0.25) is 0 Å². The number of carbonyl (C=O) groups excluding carboxylic acids is 3. The quantitative estimate of drug-likeness (QED) is 0.0199. The number of allylic oxidation sites excluding steroid dienone is 24. The Morgan fingerprint density at radius 2 is 0.648 bits per heavy atom. The predicted octanol–water partition coefficient (Wildman–Crippen LogP) is 19.2. The molecule has 0 aliphatic carbocycles. The minimum atomic E-state index is -0.838. The molecular formula is C65H102O6. The molecule has 0 aromatic heterocycles. The zero-order valence-electron chi connectivity index (χ0n) is 45.4. The van der Waals surface area contributed by atoms with Crippen molar-refractivity contribution in [3.05, 3.63) is 146 Å². The molecule has 0 saturated carbocycles. The van der Waals surface area contributed by atoms with E-state index in [1.165, 1.54) is 89.9 Å². The number of hydrogen-bond donors (Lipinski definition) is 0. The summed E-state index contributed by atoms with van der Waals surface area (Å²) in [6, 6.07) is 0. The summed E-state index contributed by atoms with van der Waals surface area (Å²) in [4.78, 5) is 38.1. The van der Waals surface area contributed by atoms with Gasteiger partial charge in [0.15, 0.2) is 6.10 Å². The molecule has 0 aromatic carbocycles. The molecule has 0 aromatic rings. The van der Waals surface area contributed by atoms with Gasteiger partial charge in [-0.25, -0.2) is 0 Å². The lowest BCUT2D eigenvalue weighted by molar-refractivity contribution is -0.166. The van der Waals surface area contributed by atoms with Gasteiger partial charge in [-0.1, -0.05) is 276 Å². The minimum absolute atomic E-state index is 0.124.